The monoisotopic (exact) mass is 484 g/mol. The van der Waals surface area contributed by atoms with E-state index >= 15 is 0 Å². The minimum atomic E-state index is -1.86. The lowest BCUT2D eigenvalue weighted by Gasteiger charge is -2.40. The van der Waals surface area contributed by atoms with Gasteiger partial charge in [-0.3, -0.25) is 9.59 Å². The van der Waals surface area contributed by atoms with Crippen LogP contribution in [0.1, 0.15) is 23.4 Å². The molecule has 0 saturated carbocycles. The van der Waals surface area contributed by atoms with Crippen LogP contribution in [0.5, 0.6) is 0 Å². The van der Waals surface area contributed by atoms with E-state index in [0.29, 0.717) is 29.7 Å². The minimum Gasteiger partial charge on any atom is -0.469 e. The van der Waals surface area contributed by atoms with Gasteiger partial charge < -0.3 is 24.4 Å². The van der Waals surface area contributed by atoms with Gasteiger partial charge in [-0.2, -0.15) is 0 Å². The summed E-state index contributed by atoms with van der Waals surface area (Å²) in [5.74, 6) is -3.22. The molecular weight excluding hydrogens is 460 g/mol. The first-order valence-corrected chi connectivity index (χ1v) is 11.2. The molecule has 1 aliphatic heterocycles. The summed E-state index contributed by atoms with van der Waals surface area (Å²) in [4.78, 5) is 29.2. The van der Waals surface area contributed by atoms with Crippen molar-refractivity contribution in [2.24, 2.45) is 11.7 Å². The molecule has 3 aromatic rings. The number of nitrogens with two attached hydrogens (primary N) is 1. The number of hydrogen-bond donors (Lipinski definition) is 1. The molecular formula is C25H25ClN2O6. The van der Waals surface area contributed by atoms with Crippen molar-refractivity contribution in [3.05, 3.63) is 89.1 Å². The first-order chi connectivity index (χ1) is 16.4. The van der Waals surface area contributed by atoms with Gasteiger partial charge in [0.25, 0.3) is 5.89 Å². The molecule has 8 nitrogen and oxygen atoms in total. The average Bonchev–Trinajstić information content (AvgIpc) is 3.57. The highest BCUT2D eigenvalue weighted by Crippen LogP contribution is 2.43. The van der Waals surface area contributed by atoms with E-state index in [-0.39, 0.29) is 12.5 Å². The molecule has 1 saturated heterocycles. The standard InChI is InChI=1S/C25H25ClN2O6/c1-31-22(30)20(12-9-17-7-10-19(26)11-8-17)25(27,18-5-3-2-4-6-18)21-15-33-24(16-29,34-21)23-28-13-14-32-23/h2-8,10-11,13-14,16,20-21H,9,12,15,27H2,1H3. The molecule has 1 aromatic heterocycles. The number of carbonyl (C=O) groups is 2. The van der Waals surface area contributed by atoms with Crippen LogP contribution in [0.2, 0.25) is 5.02 Å². The normalized spacial score (nSPS) is 22.6. The fraction of sp³-hybridized carbons (Fsp3) is 0.320. The number of benzene rings is 2. The summed E-state index contributed by atoms with van der Waals surface area (Å²) in [6.07, 6.45) is 3.18. The first-order valence-electron chi connectivity index (χ1n) is 10.8. The van der Waals surface area contributed by atoms with Gasteiger partial charge in [0.1, 0.15) is 12.4 Å². The molecule has 2 aromatic carbocycles. The number of ether oxygens (including phenoxy) is 3. The van der Waals surface area contributed by atoms with Crippen LogP contribution >= 0.6 is 11.6 Å². The second kappa shape index (κ2) is 10.1. The van der Waals surface area contributed by atoms with Gasteiger partial charge in [0.15, 0.2) is 6.29 Å². The third-order valence-electron chi connectivity index (χ3n) is 6.16. The van der Waals surface area contributed by atoms with Crippen molar-refractivity contribution in [2.75, 3.05) is 13.7 Å². The van der Waals surface area contributed by atoms with Crippen LogP contribution in [0.3, 0.4) is 0 Å². The Morgan fingerprint density at radius 1 is 1.29 bits per heavy atom. The highest BCUT2D eigenvalue weighted by atomic mass is 35.5. The quantitative estimate of drug-likeness (QED) is 0.363. The summed E-state index contributed by atoms with van der Waals surface area (Å²) < 4.78 is 22.3. The lowest BCUT2D eigenvalue weighted by molar-refractivity contribution is -0.193. The number of aryl methyl sites for hydroxylation is 1. The number of carbonyl (C=O) groups excluding carboxylic acids is 2. The van der Waals surface area contributed by atoms with Gasteiger partial charge in [-0.25, -0.2) is 4.98 Å². The van der Waals surface area contributed by atoms with E-state index in [1.165, 1.54) is 19.6 Å². The van der Waals surface area contributed by atoms with E-state index in [9.17, 15) is 9.59 Å². The Labute approximate surface area is 202 Å². The van der Waals surface area contributed by atoms with Gasteiger partial charge in [-0.1, -0.05) is 54.1 Å². The second-order valence-corrected chi connectivity index (χ2v) is 8.52. The molecule has 0 radical (unpaired) electrons. The fourth-order valence-electron chi connectivity index (χ4n) is 4.33. The number of esters is 1. The van der Waals surface area contributed by atoms with E-state index in [4.69, 9.17) is 36.0 Å². The lowest BCUT2D eigenvalue weighted by Crippen LogP contribution is -2.57. The van der Waals surface area contributed by atoms with E-state index in [2.05, 4.69) is 4.98 Å². The topological polar surface area (TPSA) is 114 Å². The van der Waals surface area contributed by atoms with Crippen molar-refractivity contribution in [2.45, 2.75) is 30.3 Å². The number of nitrogens with zero attached hydrogens (tertiary/aromatic N) is 1. The van der Waals surface area contributed by atoms with E-state index in [1.54, 1.807) is 12.1 Å². The third kappa shape index (κ3) is 4.50. The lowest BCUT2D eigenvalue weighted by atomic mass is 9.72. The Morgan fingerprint density at radius 3 is 2.65 bits per heavy atom. The van der Waals surface area contributed by atoms with Crippen molar-refractivity contribution in [3.63, 3.8) is 0 Å². The van der Waals surface area contributed by atoms with Crippen LogP contribution in [0.25, 0.3) is 0 Å². The van der Waals surface area contributed by atoms with Gasteiger partial charge in [-0.15, -0.1) is 0 Å². The zero-order chi connectivity index (χ0) is 24.2. The van der Waals surface area contributed by atoms with E-state index < -0.39 is 29.3 Å². The van der Waals surface area contributed by atoms with Crippen molar-refractivity contribution in [3.8, 4) is 0 Å². The molecule has 0 amide bonds. The van der Waals surface area contributed by atoms with Crippen molar-refractivity contribution in [1.29, 1.82) is 0 Å². The molecule has 4 rings (SSSR count). The maximum atomic E-state index is 13.1. The maximum Gasteiger partial charge on any atom is 0.311 e. The van der Waals surface area contributed by atoms with E-state index in [1.807, 2.05) is 42.5 Å². The Balaban J connectivity index is 1.71. The largest absolute Gasteiger partial charge is 0.469 e. The van der Waals surface area contributed by atoms with Crippen molar-refractivity contribution < 1.29 is 28.2 Å². The SMILES string of the molecule is COC(=O)C(CCc1ccc(Cl)cc1)C(N)(c1ccccc1)C1COC(C=O)(c2ncco2)O1. The average molecular weight is 485 g/mol. The molecule has 1 fully saturated rings. The molecule has 2 N–H and O–H groups in total. The Morgan fingerprint density at radius 2 is 2.03 bits per heavy atom. The zero-order valence-corrected chi connectivity index (χ0v) is 19.3. The zero-order valence-electron chi connectivity index (χ0n) is 18.6. The van der Waals surface area contributed by atoms with Crippen LogP contribution in [0.4, 0.5) is 0 Å². The van der Waals surface area contributed by atoms with Crippen LogP contribution in [0, 0.1) is 5.92 Å². The number of hydrogen-bond acceptors (Lipinski definition) is 8. The third-order valence-corrected chi connectivity index (χ3v) is 6.41. The molecule has 0 aliphatic carbocycles. The maximum absolute atomic E-state index is 13.1. The Hall–Kier alpha value is -3.04. The number of oxazole rings is 1. The summed E-state index contributed by atoms with van der Waals surface area (Å²) in [6.45, 7) is -0.0685. The summed E-state index contributed by atoms with van der Waals surface area (Å²) in [5, 5.41) is 0.624. The molecule has 4 atom stereocenters. The second-order valence-electron chi connectivity index (χ2n) is 8.08. The fourth-order valence-corrected chi connectivity index (χ4v) is 4.45. The van der Waals surface area contributed by atoms with E-state index in [0.717, 1.165) is 5.56 Å². The number of methoxy groups -OCH3 is 1. The van der Waals surface area contributed by atoms with Gasteiger partial charge in [0.05, 0.1) is 31.4 Å². The van der Waals surface area contributed by atoms with Crippen LogP contribution in [-0.4, -0.2) is 37.1 Å². The number of aldehydes is 1. The Bertz CT molecular complexity index is 1110. The van der Waals surface area contributed by atoms with Crippen LogP contribution < -0.4 is 5.73 Å². The molecule has 4 unspecified atom stereocenters. The van der Waals surface area contributed by atoms with Gasteiger partial charge in [0.2, 0.25) is 0 Å². The van der Waals surface area contributed by atoms with Crippen molar-refractivity contribution in [1.82, 2.24) is 4.98 Å². The highest BCUT2D eigenvalue weighted by molar-refractivity contribution is 6.30. The molecule has 2 heterocycles. The highest BCUT2D eigenvalue weighted by Gasteiger charge is 2.57. The molecule has 178 valence electrons. The summed E-state index contributed by atoms with van der Waals surface area (Å²) in [7, 11) is 1.32. The van der Waals surface area contributed by atoms with Crippen LogP contribution in [-0.2, 0) is 41.5 Å². The van der Waals surface area contributed by atoms with Gasteiger partial charge in [0, 0.05) is 5.02 Å². The predicted molar refractivity (Wildman–Crippen MR) is 123 cm³/mol. The van der Waals surface area contributed by atoms with Crippen LogP contribution in [0.15, 0.2) is 71.5 Å². The first kappa shape index (κ1) is 24.1. The number of halogens is 1. The molecule has 0 spiro atoms. The molecule has 34 heavy (non-hydrogen) atoms. The predicted octanol–water partition coefficient (Wildman–Crippen LogP) is 3.37. The smallest absolute Gasteiger partial charge is 0.311 e. The summed E-state index contributed by atoms with van der Waals surface area (Å²) >= 11 is 6.00. The molecule has 0 bridgehead atoms. The van der Waals surface area contributed by atoms with Crippen molar-refractivity contribution >= 4 is 23.9 Å². The number of aromatic nitrogens is 1. The summed E-state index contributed by atoms with van der Waals surface area (Å²) in [6, 6.07) is 16.5. The number of rotatable bonds is 9. The minimum absolute atomic E-state index is 0.0452. The van der Waals surface area contributed by atoms with Gasteiger partial charge in [-0.05, 0) is 36.1 Å². The molecule has 9 heteroatoms. The summed E-state index contributed by atoms with van der Waals surface area (Å²) in [5.41, 5.74) is 7.31. The Kier molecular flexibility index (Phi) is 7.13. The van der Waals surface area contributed by atoms with Gasteiger partial charge >= 0.3 is 11.8 Å². The molecule has 1 aliphatic rings.